The fraction of sp³-hybridized carbons (Fsp3) is 0.400. The molecular formula is C30H31ClN2O4. The molecule has 37 heavy (non-hydrogen) atoms. The Hall–Kier alpha value is -3.09. The maximum atomic E-state index is 13.1. The number of ether oxygens (including phenoxy) is 3. The van der Waals surface area contributed by atoms with E-state index in [-0.39, 0.29) is 18.2 Å². The first-order valence-corrected chi connectivity index (χ1v) is 13.3. The first-order valence-electron chi connectivity index (χ1n) is 12.9. The molecule has 3 aliphatic heterocycles. The predicted octanol–water partition coefficient (Wildman–Crippen LogP) is 7.10. The van der Waals surface area contributed by atoms with Crippen molar-refractivity contribution in [3.63, 3.8) is 0 Å². The maximum absolute atomic E-state index is 13.1. The zero-order valence-corrected chi connectivity index (χ0v) is 22.4. The Labute approximate surface area is 222 Å². The molecule has 3 aliphatic rings. The Balaban J connectivity index is 1.33. The van der Waals surface area contributed by atoms with Gasteiger partial charge in [-0.05, 0) is 85.5 Å². The lowest BCUT2D eigenvalue weighted by atomic mass is 9.92. The van der Waals surface area contributed by atoms with Crippen LogP contribution >= 0.6 is 11.6 Å². The van der Waals surface area contributed by atoms with Crippen molar-refractivity contribution in [2.75, 3.05) is 13.2 Å². The standard InChI is InChI=1S/C30H31ClN2O4/c1-5-35-20-12-27(33(15-20)29(34)37-30(2,3)4)26-13-23-22-14-28-24(11-17(22)6-9-25(23)32-26)21-8-7-19(31)10-18(21)16-36-28/h6-11,14,20,27H,5,12-13,15-16H2,1-4H3/t20-,27-/m0/s1. The summed E-state index contributed by atoms with van der Waals surface area (Å²) in [6.45, 7) is 9.26. The molecule has 1 amide bonds. The third-order valence-corrected chi connectivity index (χ3v) is 7.48. The average molecular weight is 519 g/mol. The van der Waals surface area contributed by atoms with Gasteiger partial charge in [0.1, 0.15) is 18.0 Å². The second-order valence-corrected chi connectivity index (χ2v) is 11.4. The second kappa shape index (κ2) is 9.03. The summed E-state index contributed by atoms with van der Waals surface area (Å²) in [4.78, 5) is 19.9. The van der Waals surface area contributed by atoms with Crippen LogP contribution in [0.2, 0.25) is 5.02 Å². The fourth-order valence-corrected chi connectivity index (χ4v) is 5.88. The minimum Gasteiger partial charge on any atom is -0.488 e. The lowest BCUT2D eigenvalue weighted by molar-refractivity contribution is 0.0203. The van der Waals surface area contributed by atoms with Crippen LogP contribution in [-0.2, 0) is 22.5 Å². The van der Waals surface area contributed by atoms with Crippen LogP contribution in [0.3, 0.4) is 0 Å². The molecule has 1 fully saturated rings. The van der Waals surface area contributed by atoms with E-state index in [0.29, 0.717) is 31.2 Å². The van der Waals surface area contributed by atoms with Gasteiger partial charge in [0.2, 0.25) is 0 Å². The zero-order valence-electron chi connectivity index (χ0n) is 21.6. The number of aliphatic imine (C=N–C) groups is 1. The van der Waals surface area contributed by atoms with Gasteiger partial charge in [-0.3, -0.25) is 9.89 Å². The Morgan fingerprint density at radius 2 is 2.00 bits per heavy atom. The SMILES string of the molecule is CCO[C@H]1C[C@@H](C2=Nc3ccc4cc5c(cc4c3C2)OCc2cc(Cl)ccc2-5)N(C(=O)OC(C)(C)C)C1. The van der Waals surface area contributed by atoms with Crippen LogP contribution in [-0.4, -0.2) is 47.6 Å². The number of hydrogen-bond acceptors (Lipinski definition) is 5. The summed E-state index contributed by atoms with van der Waals surface area (Å²) in [6, 6.07) is 14.4. The summed E-state index contributed by atoms with van der Waals surface area (Å²) < 4.78 is 17.8. The zero-order chi connectivity index (χ0) is 25.9. The monoisotopic (exact) mass is 518 g/mol. The van der Waals surface area contributed by atoms with Crippen LogP contribution < -0.4 is 4.74 Å². The van der Waals surface area contributed by atoms with Gasteiger partial charge in [-0.1, -0.05) is 23.7 Å². The highest BCUT2D eigenvalue weighted by Crippen LogP contribution is 2.44. The van der Waals surface area contributed by atoms with Gasteiger partial charge in [0.05, 0.1) is 24.4 Å². The van der Waals surface area contributed by atoms with Crippen LogP contribution in [0.5, 0.6) is 5.75 Å². The number of halogens is 1. The number of carbonyl (C=O) groups excluding carboxylic acids is 1. The van der Waals surface area contributed by atoms with Gasteiger partial charge in [0.15, 0.2) is 0 Å². The second-order valence-electron chi connectivity index (χ2n) is 11.0. The third-order valence-electron chi connectivity index (χ3n) is 7.25. The van der Waals surface area contributed by atoms with Crippen molar-refractivity contribution in [2.45, 2.75) is 64.9 Å². The van der Waals surface area contributed by atoms with Crippen LogP contribution in [0.25, 0.3) is 21.9 Å². The molecule has 0 N–H and O–H groups in total. The van der Waals surface area contributed by atoms with Crippen molar-refractivity contribution >= 4 is 39.9 Å². The highest BCUT2D eigenvalue weighted by atomic mass is 35.5. The quantitative estimate of drug-likeness (QED) is 0.371. The molecular weight excluding hydrogens is 488 g/mol. The van der Waals surface area contributed by atoms with Gasteiger partial charge >= 0.3 is 6.09 Å². The number of hydrogen-bond donors (Lipinski definition) is 0. The number of carbonyl (C=O) groups is 1. The van der Waals surface area contributed by atoms with E-state index in [2.05, 4.69) is 30.3 Å². The lowest BCUT2D eigenvalue weighted by Crippen LogP contribution is -2.43. The molecule has 3 heterocycles. The minimum absolute atomic E-state index is 0.0281. The van der Waals surface area contributed by atoms with E-state index in [1.807, 2.05) is 39.8 Å². The number of benzene rings is 3. The molecule has 0 bridgehead atoms. The average Bonchev–Trinajstić information content (AvgIpc) is 3.46. The number of amides is 1. The molecule has 7 heteroatoms. The van der Waals surface area contributed by atoms with Crippen molar-refractivity contribution in [2.24, 2.45) is 4.99 Å². The molecule has 2 atom stereocenters. The highest BCUT2D eigenvalue weighted by molar-refractivity contribution is 6.30. The number of likely N-dealkylation sites (tertiary alicyclic amines) is 1. The molecule has 192 valence electrons. The van der Waals surface area contributed by atoms with Gasteiger partial charge < -0.3 is 14.2 Å². The van der Waals surface area contributed by atoms with Crippen LogP contribution in [0.4, 0.5) is 10.5 Å². The van der Waals surface area contributed by atoms with Gasteiger partial charge in [0.25, 0.3) is 0 Å². The first-order chi connectivity index (χ1) is 17.7. The topological polar surface area (TPSA) is 60.4 Å². The summed E-state index contributed by atoms with van der Waals surface area (Å²) in [6.07, 6.45) is 1.06. The Bertz CT molecular complexity index is 1440. The molecule has 6 nitrogen and oxygen atoms in total. The Morgan fingerprint density at radius 1 is 1.16 bits per heavy atom. The highest BCUT2D eigenvalue weighted by Gasteiger charge is 2.42. The molecule has 0 unspecified atom stereocenters. The van der Waals surface area contributed by atoms with E-state index >= 15 is 0 Å². The summed E-state index contributed by atoms with van der Waals surface area (Å²) in [7, 11) is 0. The van der Waals surface area contributed by atoms with Gasteiger partial charge in [-0.15, -0.1) is 0 Å². The fourth-order valence-electron chi connectivity index (χ4n) is 5.68. The smallest absolute Gasteiger partial charge is 0.410 e. The molecule has 6 rings (SSSR count). The molecule has 3 aromatic carbocycles. The molecule has 3 aromatic rings. The normalized spacial score (nSPS) is 20.2. The van der Waals surface area contributed by atoms with Crippen molar-refractivity contribution < 1.29 is 19.0 Å². The van der Waals surface area contributed by atoms with E-state index in [9.17, 15) is 4.79 Å². The van der Waals surface area contributed by atoms with Crippen molar-refractivity contribution in [3.8, 4) is 16.9 Å². The summed E-state index contributed by atoms with van der Waals surface area (Å²) >= 11 is 6.21. The van der Waals surface area contributed by atoms with Crippen molar-refractivity contribution in [3.05, 3.63) is 58.6 Å². The van der Waals surface area contributed by atoms with E-state index < -0.39 is 5.60 Å². The van der Waals surface area contributed by atoms with E-state index in [0.717, 1.165) is 51.0 Å². The molecule has 0 aliphatic carbocycles. The summed E-state index contributed by atoms with van der Waals surface area (Å²) in [5, 5.41) is 2.99. The molecule has 0 aromatic heterocycles. The summed E-state index contributed by atoms with van der Waals surface area (Å²) in [5.41, 5.74) is 5.87. The number of nitrogens with zero attached hydrogens (tertiary/aromatic N) is 2. The van der Waals surface area contributed by atoms with Crippen LogP contribution in [0, 0.1) is 0 Å². The van der Waals surface area contributed by atoms with Crippen molar-refractivity contribution in [1.82, 2.24) is 4.90 Å². The van der Waals surface area contributed by atoms with Crippen molar-refractivity contribution in [1.29, 1.82) is 0 Å². The van der Waals surface area contributed by atoms with E-state index in [1.165, 1.54) is 5.56 Å². The molecule has 1 saturated heterocycles. The lowest BCUT2D eigenvalue weighted by Gasteiger charge is -2.28. The maximum Gasteiger partial charge on any atom is 0.410 e. The first kappa shape index (κ1) is 24.3. The third kappa shape index (κ3) is 4.47. The minimum atomic E-state index is -0.564. The Morgan fingerprint density at radius 3 is 2.78 bits per heavy atom. The van der Waals surface area contributed by atoms with Crippen LogP contribution in [0.1, 0.15) is 45.2 Å². The Kier molecular flexibility index (Phi) is 5.92. The van der Waals surface area contributed by atoms with Gasteiger partial charge in [-0.25, -0.2) is 4.79 Å². The van der Waals surface area contributed by atoms with Gasteiger partial charge in [-0.2, -0.15) is 0 Å². The van der Waals surface area contributed by atoms with E-state index in [4.69, 9.17) is 30.8 Å². The molecule has 0 spiro atoms. The van der Waals surface area contributed by atoms with Crippen LogP contribution in [0.15, 0.2) is 47.5 Å². The molecule has 0 radical (unpaired) electrons. The van der Waals surface area contributed by atoms with E-state index in [1.54, 1.807) is 4.90 Å². The largest absolute Gasteiger partial charge is 0.488 e. The number of fused-ring (bicyclic) bond motifs is 6. The number of rotatable bonds is 3. The molecule has 0 saturated carbocycles. The van der Waals surface area contributed by atoms with Gasteiger partial charge in [0, 0.05) is 35.7 Å². The summed E-state index contributed by atoms with van der Waals surface area (Å²) in [5.74, 6) is 0.872. The predicted molar refractivity (Wildman–Crippen MR) is 146 cm³/mol.